The fraction of sp³-hybridized carbons (Fsp3) is 0.417. The normalized spacial score (nSPS) is 12.2. The van der Waals surface area contributed by atoms with Crippen molar-refractivity contribution >= 4 is 11.7 Å². The Labute approximate surface area is 100 Å². The zero-order chi connectivity index (χ0) is 12.7. The summed E-state index contributed by atoms with van der Waals surface area (Å²) in [7, 11) is 0. The number of benzene rings is 1. The highest BCUT2D eigenvalue weighted by molar-refractivity contribution is 5.90. The summed E-state index contributed by atoms with van der Waals surface area (Å²) in [5, 5.41) is 18.5. The van der Waals surface area contributed by atoms with Crippen LogP contribution in [0.5, 0.6) is 0 Å². The molecule has 0 bridgehead atoms. The predicted octanol–water partition coefficient (Wildman–Crippen LogP) is 1.44. The van der Waals surface area contributed by atoms with E-state index in [0.29, 0.717) is 6.61 Å². The third-order valence-corrected chi connectivity index (χ3v) is 2.33. The molecule has 94 valence electrons. The van der Waals surface area contributed by atoms with Gasteiger partial charge >= 0.3 is 5.97 Å². The van der Waals surface area contributed by atoms with Crippen molar-refractivity contribution in [3.8, 4) is 0 Å². The Morgan fingerprint density at radius 2 is 2.24 bits per heavy atom. The second-order valence-corrected chi connectivity index (χ2v) is 3.73. The van der Waals surface area contributed by atoms with Crippen molar-refractivity contribution < 1.29 is 20.0 Å². The molecule has 5 nitrogen and oxygen atoms in total. The zero-order valence-electron chi connectivity index (χ0n) is 9.81. The molecule has 0 amide bonds. The average Bonchev–Trinajstić information content (AvgIpc) is 2.34. The van der Waals surface area contributed by atoms with Crippen LogP contribution in [0.1, 0.15) is 36.5 Å². The first-order valence-corrected chi connectivity index (χ1v) is 5.65. The fourth-order valence-electron chi connectivity index (χ4n) is 1.38. The van der Waals surface area contributed by atoms with Gasteiger partial charge in [0.05, 0.1) is 12.2 Å². The molecule has 2 N–H and O–H groups in total. The standard InChI is InChI=1S/C12H17NO4/c1-2-3-4-8-17-12(14)10-6-5-7-11(9-10)13(15)16/h5-7,9,13,15H,2-4,8H2,1H3. The average molecular weight is 239 g/mol. The lowest BCUT2D eigenvalue weighted by Crippen LogP contribution is -2.99. The molecule has 0 spiro atoms. The van der Waals surface area contributed by atoms with Gasteiger partial charge < -0.3 is 9.94 Å². The lowest BCUT2D eigenvalue weighted by Gasteiger charge is -2.12. The SMILES string of the molecule is CCCCCOC(=O)c1cccc([NH+]([O-])O)c1. The van der Waals surface area contributed by atoms with E-state index in [0.717, 1.165) is 19.3 Å². The van der Waals surface area contributed by atoms with Crippen molar-refractivity contribution in [2.75, 3.05) is 6.61 Å². The van der Waals surface area contributed by atoms with Crippen LogP contribution in [0.3, 0.4) is 0 Å². The van der Waals surface area contributed by atoms with Crippen LogP contribution >= 0.6 is 0 Å². The molecule has 0 aliphatic heterocycles. The van der Waals surface area contributed by atoms with Crippen molar-refractivity contribution in [1.82, 2.24) is 0 Å². The first-order chi connectivity index (χ1) is 8.15. The Kier molecular flexibility index (Phi) is 5.62. The summed E-state index contributed by atoms with van der Waals surface area (Å²) < 4.78 is 5.03. The van der Waals surface area contributed by atoms with Crippen LogP contribution < -0.4 is 5.23 Å². The lowest BCUT2D eigenvalue weighted by molar-refractivity contribution is -0.991. The molecule has 0 saturated carbocycles. The Balaban J connectivity index is 2.53. The number of esters is 1. The third-order valence-electron chi connectivity index (χ3n) is 2.33. The number of rotatable bonds is 6. The van der Waals surface area contributed by atoms with E-state index in [1.165, 1.54) is 18.2 Å². The molecule has 1 aromatic rings. The Bertz CT molecular complexity index is 365. The highest BCUT2D eigenvalue weighted by Gasteiger charge is 2.09. The Hall–Kier alpha value is -1.43. The molecule has 0 aromatic heterocycles. The molecule has 5 heteroatoms. The third kappa shape index (κ3) is 4.52. The van der Waals surface area contributed by atoms with Gasteiger partial charge in [0, 0.05) is 12.1 Å². The summed E-state index contributed by atoms with van der Waals surface area (Å²) in [6.07, 6.45) is 2.91. The number of hydrogen-bond acceptors (Lipinski definition) is 4. The monoisotopic (exact) mass is 239 g/mol. The van der Waals surface area contributed by atoms with E-state index in [-0.39, 0.29) is 11.3 Å². The molecule has 1 unspecified atom stereocenters. The number of quaternary nitrogens is 1. The van der Waals surface area contributed by atoms with Gasteiger partial charge in [0.25, 0.3) is 0 Å². The number of nitrogens with one attached hydrogen (secondary N) is 1. The molecule has 1 atom stereocenters. The predicted molar refractivity (Wildman–Crippen MR) is 62.0 cm³/mol. The highest BCUT2D eigenvalue weighted by Crippen LogP contribution is 2.08. The Morgan fingerprint density at radius 3 is 2.88 bits per heavy atom. The summed E-state index contributed by atoms with van der Waals surface area (Å²) >= 11 is 0. The molecular weight excluding hydrogens is 222 g/mol. The van der Waals surface area contributed by atoms with Crippen molar-refractivity contribution in [2.45, 2.75) is 26.2 Å². The molecule has 0 heterocycles. The first-order valence-electron chi connectivity index (χ1n) is 5.65. The molecule has 0 saturated heterocycles. The summed E-state index contributed by atoms with van der Waals surface area (Å²) in [4.78, 5) is 11.6. The maximum absolute atomic E-state index is 11.6. The molecule has 0 radical (unpaired) electrons. The van der Waals surface area contributed by atoms with Gasteiger partial charge in [-0.25, -0.2) is 10.0 Å². The summed E-state index contributed by atoms with van der Waals surface area (Å²) in [6.45, 7) is 2.45. The van der Waals surface area contributed by atoms with E-state index in [4.69, 9.17) is 9.94 Å². The van der Waals surface area contributed by atoms with E-state index in [2.05, 4.69) is 6.92 Å². The maximum Gasteiger partial charge on any atom is 0.338 e. The van der Waals surface area contributed by atoms with Gasteiger partial charge in [-0.3, -0.25) is 0 Å². The van der Waals surface area contributed by atoms with Gasteiger partial charge in [-0.1, -0.05) is 25.8 Å². The van der Waals surface area contributed by atoms with Crippen LogP contribution in [0.15, 0.2) is 24.3 Å². The first kappa shape index (κ1) is 13.6. The highest BCUT2D eigenvalue weighted by atomic mass is 16.8. The van der Waals surface area contributed by atoms with Crippen LogP contribution in [0, 0.1) is 5.21 Å². The minimum atomic E-state index is -1.05. The molecular formula is C12H17NO4. The number of hydrogen-bond donors (Lipinski definition) is 2. The quantitative estimate of drug-likeness (QED) is 0.447. The summed E-state index contributed by atoms with van der Waals surface area (Å²) in [5.74, 6) is -0.468. The van der Waals surface area contributed by atoms with E-state index < -0.39 is 11.2 Å². The van der Waals surface area contributed by atoms with Gasteiger partial charge in [-0.15, -0.1) is 0 Å². The van der Waals surface area contributed by atoms with E-state index >= 15 is 0 Å². The molecule has 0 fully saturated rings. The number of ether oxygens (including phenoxy) is 1. The van der Waals surface area contributed by atoms with E-state index in [9.17, 15) is 10.0 Å². The van der Waals surface area contributed by atoms with E-state index in [1.807, 2.05) is 0 Å². The minimum Gasteiger partial charge on any atom is -0.595 e. The van der Waals surface area contributed by atoms with Crippen LogP contribution in [0.4, 0.5) is 5.69 Å². The Morgan fingerprint density at radius 1 is 1.47 bits per heavy atom. The molecule has 1 aromatic carbocycles. The van der Waals surface area contributed by atoms with Gasteiger partial charge in [0.15, 0.2) is 5.69 Å². The van der Waals surface area contributed by atoms with Crippen molar-refractivity contribution in [2.24, 2.45) is 0 Å². The van der Waals surface area contributed by atoms with Gasteiger partial charge in [-0.2, -0.15) is 5.23 Å². The van der Waals surface area contributed by atoms with Crippen molar-refractivity contribution in [3.05, 3.63) is 35.0 Å². The van der Waals surface area contributed by atoms with Gasteiger partial charge in [-0.05, 0) is 12.5 Å². The van der Waals surface area contributed by atoms with Crippen LogP contribution in [0.2, 0.25) is 0 Å². The number of carbonyl (C=O) groups excluding carboxylic acids is 1. The van der Waals surface area contributed by atoms with Crippen LogP contribution in [-0.2, 0) is 4.74 Å². The molecule has 1 rings (SSSR count). The van der Waals surface area contributed by atoms with Crippen molar-refractivity contribution in [3.63, 3.8) is 0 Å². The largest absolute Gasteiger partial charge is 0.595 e. The maximum atomic E-state index is 11.6. The van der Waals surface area contributed by atoms with Gasteiger partial charge in [0.2, 0.25) is 0 Å². The summed E-state index contributed by atoms with van der Waals surface area (Å²) in [5.41, 5.74) is 0.370. The van der Waals surface area contributed by atoms with Crippen LogP contribution in [0.25, 0.3) is 0 Å². The second-order valence-electron chi connectivity index (χ2n) is 3.73. The van der Waals surface area contributed by atoms with Crippen molar-refractivity contribution in [1.29, 1.82) is 0 Å². The van der Waals surface area contributed by atoms with Gasteiger partial charge in [0.1, 0.15) is 0 Å². The topological polar surface area (TPSA) is 74.0 Å². The molecule has 17 heavy (non-hydrogen) atoms. The smallest absolute Gasteiger partial charge is 0.338 e. The summed E-state index contributed by atoms with van der Waals surface area (Å²) in [6, 6.07) is 5.85. The number of carbonyl (C=O) groups is 1. The molecule has 0 aliphatic rings. The molecule has 0 aliphatic carbocycles. The fourth-order valence-corrected chi connectivity index (χ4v) is 1.38. The van der Waals surface area contributed by atoms with E-state index in [1.54, 1.807) is 6.07 Å². The zero-order valence-corrected chi connectivity index (χ0v) is 9.81. The second kappa shape index (κ2) is 7.01. The lowest BCUT2D eigenvalue weighted by atomic mass is 10.2. The minimum absolute atomic E-state index is 0.0907. The number of unbranched alkanes of at least 4 members (excludes halogenated alkanes) is 2. The van der Waals surface area contributed by atoms with Crippen LogP contribution in [-0.4, -0.2) is 17.8 Å².